The van der Waals surface area contributed by atoms with Crippen molar-refractivity contribution in [3.8, 4) is 0 Å². The summed E-state index contributed by atoms with van der Waals surface area (Å²) in [6.07, 6.45) is 9.89. The topological polar surface area (TPSA) is 38.9 Å². The highest BCUT2D eigenvalue weighted by molar-refractivity contribution is 7.11. The van der Waals surface area contributed by atoms with Crippen molar-refractivity contribution >= 4 is 11.3 Å². The lowest BCUT2D eigenvalue weighted by Crippen LogP contribution is -2.40. The molecule has 0 saturated heterocycles. The molecule has 1 heterocycles. The SMILES string of the molecule is CCC1CCc2nc(C3(N)CCCC(C)C3)sc2C1. The van der Waals surface area contributed by atoms with Gasteiger partial charge in [-0.2, -0.15) is 0 Å². The van der Waals surface area contributed by atoms with Crippen LogP contribution in [0.15, 0.2) is 0 Å². The first-order valence-electron chi connectivity index (χ1n) is 7.88. The van der Waals surface area contributed by atoms with Gasteiger partial charge in [0.15, 0.2) is 0 Å². The third-order valence-corrected chi connectivity index (χ3v) is 6.42. The summed E-state index contributed by atoms with van der Waals surface area (Å²) >= 11 is 1.93. The molecule has 0 amide bonds. The Balaban J connectivity index is 1.84. The van der Waals surface area contributed by atoms with Crippen molar-refractivity contribution in [2.24, 2.45) is 17.6 Å². The summed E-state index contributed by atoms with van der Waals surface area (Å²) in [6.45, 7) is 4.65. The number of nitrogens with two attached hydrogens (primary N) is 1. The molecular weight excluding hydrogens is 252 g/mol. The van der Waals surface area contributed by atoms with E-state index >= 15 is 0 Å². The van der Waals surface area contributed by atoms with E-state index in [0.29, 0.717) is 0 Å². The van der Waals surface area contributed by atoms with Crippen LogP contribution in [0.1, 0.15) is 68.0 Å². The third kappa shape index (κ3) is 2.59. The molecule has 1 aromatic heterocycles. The standard InChI is InChI=1S/C16H26N2S/c1-3-12-6-7-13-14(9-12)19-15(18-13)16(17)8-4-5-11(2)10-16/h11-12H,3-10,17H2,1-2H3. The van der Waals surface area contributed by atoms with Gasteiger partial charge in [-0.1, -0.05) is 33.1 Å². The normalized spacial score (nSPS) is 35.1. The van der Waals surface area contributed by atoms with Gasteiger partial charge in [-0.05, 0) is 43.9 Å². The van der Waals surface area contributed by atoms with Crippen molar-refractivity contribution in [2.45, 2.75) is 70.8 Å². The number of rotatable bonds is 2. The van der Waals surface area contributed by atoms with E-state index in [0.717, 1.165) is 24.7 Å². The zero-order chi connectivity index (χ0) is 13.5. The number of aryl methyl sites for hydroxylation is 1. The Morgan fingerprint density at radius 1 is 1.42 bits per heavy atom. The van der Waals surface area contributed by atoms with E-state index < -0.39 is 0 Å². The van der Waals surface area contributed by atoms with Crippen LogP contribution in [0, 0.1) is 11.8 Å². The van der Waals surface area contributed by atoms with Crippen LogP contribution in [-0.4, -0.2) is 4.98 Å². The molecule has 2 aliphatic carbocycles. The second-order valence-electron chi connectivity index (χ2n) is 6.76. The summed E-state index contributed by atoms with van der Waals surface area (Å²) in [5.41, 5.74) is 7.94. The highest BCUT2D eigenvalue weighted by Crippen LogP contribution is 2.42. The Kier molecular flexibility index (Phi) is 3.69. The van der Waals surface area contributed by atoms with Gasteiger partial charge in [-0.3, -0.25) is 0 Å². The molecule has 0 aromatic carbocycles. The summed E-state index contributed by atoms with van der Waals surface area (Å²) in [5.74, 6) is 1.63. The lowest BCUT2D eigenvalue weighted by Gasteiger charge is -2.35. The summed E-state index contributed by atoms with van der Waals surface area (Å²) in [6, 6.07) is 0. The van der Waals surface area contributed by atoms with E-state index in [2.05, 4.69) is 13.8 Å². The van der Waals surface area contributed by atoms with Crippen LogP contribution < -0.4 is 5.73 Å². The van der Waals surface area contributed by atoms with Crippen molar-refractivity contribution in [1.82, 2.24) is 4.98 Å². The molecule has 106 valence electrons. The number of nitrogens with zero attached hydrogens (tertiary/aromatic N) is 1. The van der Waals surface area contributed by atoms with Gasteiger partial charge in [0.25, 0.3) is 0 Å². The average Bonchev–Trinajstić information content (AvgIpc) is 2.81. The molecule has 3 unspecified atom stereocenters. The smallest absolute Gasteiger partial charge is 0.113 e. The maximum Gasteiger partial charge on any atom is 0.113 e. The Labute approximate surface area is 120 Å². The second-order valence-corrected chi connectivity index (χ2v) is 7.85. The molecule has 0 bridgehead atoms. The number of fused-ring (bicyclic) bond motifs is 1. The number of thiazole rings is 1. The summed E-state index contributed by atoms with van der Waals surface area (Å²) in [7, 11) is 0. The molecule has 3 atom stereocenters. The first-order chi connectivity index (χ1) is 9.10. The van der Waals surface area contributed by atoms with Crippen molar-refractivity contribution in [3.63, 3.8) is 0 Å². The Hall–Kier alpha value is -0.410. The second kappa shape index (κ2) is 5.17. The van der Waals surface area contributed by atoms with Crippen molar-refractivity contribution < 1.29 is 0 Å². The van der Waals surface area contributed by atoms with Gasteiger partial charge in [0.2, 0.25) is 0 Å². The highest BCUT2D eigenvalue weighted by atomic mass is 32.1. The highest BCUT2D eigenvalue weighted by Gasteiger charge is 2.36. The Morgan fingerprint density at radius 2 is 2.26 bits per heavy atom. The fourth-order valence-electron chi connectivity index (χ4n) is 3.79. The average molecular weight is 278 g/mol. The minimum absolute atomic E-state index is 0.124. The molecule has 0 radical (unpaired) electrons. The summed E-state index contributed by atoms with van der Waals surface area (Å²) in [5, 5.41) is 1.24. The van der Waals surface area contributed by atoms with Gasteiger partial charge in [0, 0.05) is 4.88 Å². The van der Waals surface area contributed by atoms with Gasteiger partial charge < -0.3 is 5.73 Å². The van der Waals surface area contributed by atoms with E-state index in [1.807, 2.05) is 11.3 Å². The van der Waals surface area contributed by atoms with E-state index in [1.54, 1.807) is 0 Å². The van der Waals surface area contributed by atoms with Crippen LogP contribution >= 0.6 is 11.3 Å². The van der Waals surface area contributed by atoms with Gasteiger partial charge >= 0.3 is 0 Å². The van der Waals surface area contributed by atoms with Crippen molar-refractivity contribution in [2.75, 3.05) is 0 Å². The molecule has 1 saturated carbocycles. The molecule has 2 N–H and O–H groups in total. The molecule has 0 aliphatic heterocycles. The van der Waals surface area contributed by atoms with Crippen LogP contribution in [0.25, 0.3) is 0 Å². The summed E-state index contributed by atoms with van der Waals surface area (Å²) in [4.78, 5) is 6.48. The predicted molar refractivity (Wildman–Crippen MR) is 81.4 cm³/mol. The number of hydrogen-bond donors (Lipinski definition) is 1. The lowest BCUT2D eigenvalue weighted by molar-refractivity contribution is 0.238. The fraction of sp³-hybridized carbons (Fsp3) is 0.812. The molecule has 3 rings (SSSR count). The summed E-state index contributed by atoms with van der Waals surface area (Å²) < 4.78 is 0. The molecule has 1 fully saturated rings. The number of hydrogen-bond acceptors (Lipinski definition) is 3. The molecular formula is C16H26N2S. The number of aromatic nitrogens is 1. The molecule has 19 heavy (non-hydrogen) atoms. The van der Waals surface area contributed by atoms with Crippen LogP contribution in [0.4, 0.5) is 0 Å². The van der Waals surface area contributed by atoms with E-state index in [9.17, 15) is 0 Å². The third-order valence-electron chi connectivity index (χ3n) is 5.08. The Morgan fingerprint density at radius 3 is 3.00 bits per heavy atom. The first kappa shape index (κ1) is 13.6. The van der Waals surface area contributed by atoms with Crippen molar-refractivity contribution in [3.05, 3.63) is 15.6 Å². The monoisotopic (exact) mass is 278 g/mol. The molecule has 2 aliphatic rings. The zero-order valence-electron chi connectivity index (χ0n) is 12.2. The Bertz CT molecular complexity index is 454. The molecule has 3 heteroatoms. The predicted octanol–water partition coefficient (Wildman–Crippen LogP) is 4.02. The molecule has 2 nitrogen and oxygen atoms in total. The maximum absolute atomic E-state index is 6.70. The first-order valence-corrected chi connectivity index (χ1v) is 8.70. The largest absolute Gasteiger partial charge is 0.319 e. The van der Waals surface area contributed by atoms with Crippen LogP contribution in [0.3, 0.4) is 0 Å². The molecule has 1 aromatic rings. The quantitative estimate of drug-likeness (QED) is 0.887. The van der Waals surface area contributed by atoms with Crippen LogP contribution in [-0.2, 0) is 18.4 Å². The van der Waals surface area contributed by atoms with Crippen LogP contribution in [0.5, 0.6) is 0 Å². The maximum atomic E-state index is 6.70. The molecule has 0 spiro atoms. The van der Waals surface area contributed by atoms with E-state index in [-0.39, 0.29) is 5.54 Å². The minimum atomic E-state index is -0.124. The lowest BCUT2D eigenvalue weighted by atomic mass is 9.77. The zero-order valence-corrected chi connectivity index (χ0v) is 13.1. The van der Waals surface area contributed by atoms with E-state index in [1.165, 1.54) is 54.1 Å². The fourth-order valence-corrected chi connectivity index (χ4v) is 5.15. The van der Waals surface area contributed by atoms with E-state index in [4.69, 9.17) is 10.7 Å². The van der Waals surface area contributed by atoms with Crippen molar-refractivity contribution in [1.29, 1.82) is 0 Å². The van der Waals surface area contributed by atoms with Gasteiger partial charge in [0.05, 0.1) is 11.2 Å². The van der Waals surface area contributed by atoms with Gasteiger partial charge in [0.1, 0.15) is 5.01 Å². The van der Waals surface area contributed by atoms with Gasteiger partial charge in [-0.25, -0.2) is 4.98 Å². The minimum Gasteiger partial charge on any atom is -0.319 e. The van der Waals surface area contributed by atoms with Crippen LogP contribution in [0.2, 0.25) is 0 Å². The van der Waals surface area contributed by atoms with Gasteiger partial charge in [-0.15, -0.1) is 11.3 Å².